The van der Waals surface area contributed by atoms with E-state index in [4.69, 9.17) is 16.3 Å². The van der Waals surface area contributed by atoms with Crippen LogP contribution in [0.15, 0.2) is 42.2 Å². The predicted octanol–water partition coefficient (Wildman–Crippen LogP) is 5.18. The number of hydrogen-bond acceptors (Lipinski definition) is 3. The summed E-state index contributed by atoms with van der Waals surface area (Å²) in [6.07, 6.45) is 2.97. The minimum absolute atomic E-state index is 0.0604. The van der Waals surface area contributed by atoms with Gasteiger partial charge >= 0.3 is 0 Å². The van der Waals surface area contributed by atoms with Crippen LogP contribution in [0.2, 0.25) is 5.02 Å². The number of ether oxygens (including phenoxy) is 1. The molecule has 2 N–H and O–H groups in total. The summed E-state index contributed by atoms with van der Waals surface area (Å²) < 4.78 is 19.3. The van der Waals surface area contributed by atoms with Crippen molar-refractivity contribution in [2.75, 3.05) is 7.11 Å². The van der Waals surface area contributed by atoms with Crippen LogP contribution in [0.25, 0.3) is 16.7 Å². The number of benzene rings is 2. The van der Waals surface area contributed by atoms with Gasteiger partial charge in [-0.2, -0.15) is 0 Å². The standard InChI is InChI=1S/C23H23ClFNO3/c1-13-3-4-14(15-5-6-18(24)19(25)12-15)11-17(13)20-21(27)23(26-22(20)28)9-7-16(29-2)8-10-23/h3-6,11-12,16,27H,7-10H2,1-2H3,(H,26,28). The van der Waals surface area contributed by atoms with Crippen molar-refractivity contribution >= 4 is 23.1 Å². The molecule has 1 aliphatic heterocycles. The number of nitrogens with one attached hydrogen (secondary N) is 1. The van der Waals surface area contributed by atoms with Crippen LogP contribution in [-0.2, 0) is 9.53 Å². The summed E-state index contributed by atoms with van der Waals surface area (Å²) in [5, 5.41) is 14.2. The molecule has 0 aromatic heterocycles. The molecule has 0 bridgehead atoms. The molecule has 1 heterocycles. The molecule has 1 saturated carbocycles. The summed E-state index contributed by atoms with van der Waals surface area (Å²) in [6.45, 7) is 1.89. The maximum atomic E-state index is 13.9. The van der Waals surface area contributed by atoms with Gasteiger partial charge in [0, 0.05) is 7.11 Å². The van der Waals surface area contributed by atoms with Gasteiger partial charge in [0.15, 0.2) is 0 Å². The van der Waals surface area contributed by atoms with Gasteiger partial charge in [-0.15, -0.1) is 0 Å². The monoisotopic (exact) mass is 415 g/mol. The van der Waals surface area contributed by atoms with Crippen LogP contribution in [0.1, 0.15) is 36.8 Å². The molecular weight excluding hydrogens is 393 g/mol. The van der Waals surface area contributed by atoms with Gasteiger partial charge in [0.05, 0.1) is 22.2 Å². The van der Waals surface area contributed by atoms with Crippen LogP contribution in [0.5, 0.6) is 0 Å². The van der Waals surface area contributed by atoms with E-state index in [0.717, 1.165) is 24.0 Å². The zero-order valence-electron chi connectivity index (χ0n) is 16.4. The number of aryl methyl sites for hydroxylation is 1. The molecule has 0 unspecified atom stereocenters. The molecule has 1 fully saturated rings. The first-order valence-corrected chi connectivity index (χ1v) is 10.1. The number of rotatable bonds is 3. The van der Waals surface area contributed by atoms with Crippen molar-refractivity contribution in [3.05, 3.63) is 64.1 Å². The van der Waals surface area contributed by atoms with Gasteiger partial charge < -0.3 is 15.2 Å². The fourth-order valence-corrected chi connectivity index (χ4v) is 4.48. The topological polar surface area (TPSA) is 58.6 Å². The highest BCUT2D eigenvalue weighted by Crippen LogP contribution is 2.43. The summed E-state index contributed by atoms with van der Waals surface area (Å²) >= 11 is 5.79. The van der Waals surface area contributed by atoms with Gasteiger partial charge in [-0.05, 0) is 73.1 Å². The van der Waals surface area contributed by atoms with E-state index in [9.17, 15) is 14.3 Å². The molecule has 2 aromatic rings. The molecule has 4 rings (SSSR count). The summed E-state index contributed by atoms with van der Waals surface area (Å²) in [5.41, 5.74) is 2.49. The van der Waals surface area contributed by atoms with Crippen LogP contribution in [0.3, 0.4) is 0 Å². The Kier molecular flexibility index (Phi) is 5.13. The van der Waals surface area contributed by atoms with Gasteiger partial charge in [-0.1, -0.05) is 29.8 Å². The molecule has 2 aliphatic rings. The van der Waals surface area contributed by atoms with E-state index in [2.05, 4.69) is 5.32 Å². The minimum Gasteiger partial charge on any atom is -0.509 e. The largest absolute Gasteiger partial charge is 0.509 e. The molecule has 29 heavy (non-hydrogen) atoms. The zero-order chi connectivity index (χ0) is 20.8. The summed E-state index contributed by atoms with van der Waals surface area (Å²) in [4.78, 5) is 12.9. The van der Waals surface area contributed by atoms with Crippen molar-refractivity contribution in [1.29, 1.82) is 0 Å². The van der Waals surface area contributed by atoms with Crippen molar-refractivity contribution in [2.45, 2.75) is 44.2 Å². The van der Waals surface area contributed by atoms with Crippen LogP contribution < -0.4 is 5.32 Å². The zero-order valence-corrected chi connectivity index (χ0v) is 17.1. The Morgan fingerprint density at radius 3 is 2.48 bits per heavy atom. The lowest BCUT2D eigenvalue weighted by Gasteiger charge is -2.36. The Morgan fingerprint density at radius 2 is 1.83 bits per heavy atom. The molecule has 6 heteroatoms. The SMILES string of the molecule is COC1CCC2(CC1)NC(=O)C(c1cc(-c3ccc(Cl)c(F)c3)ccc1C)=C2O. The normalized spacial score (nSPS) is 24.3. The second-order valence-electron chi connectivity index (χ2n) is 7.85. The second kappa shape index (κ2) is 7.47. The molecule has 0 radical (unpaired) electrons. The van der Waals surface area contributed by atoms with Gasteiger partial charge in [0.1, 0.15) is 11.6 Å². The van der Waals surface area contributed by atoms with Crippen LogP contribution in [-0.4, -0.2) is 29.8 Å². The van der Waals surface area contributed by atoms with E-state index < -0.39 is 11.4 Å². The van der Waals surface area contributed by atoms with Crippen molar-refractivity contribution in [3.8, 4) is 11.1 Å². The quantitative estimate of drug-likeness (QED) is 0.726. The van der Waals surface area contributed by atoms with Crippen molar-refractivity contribution in [2.24, 2.45) is 0 Å². The average Bonchev–Trinajstić information content (AvgIpc) is 2.95. The summed E-state index contributed by atoms with van der Waals surface area (Å²) in [7, 11) is 1.69. The number of hydrogen-bond donors (Lipinski definition) is 2. The molecule has 0 atom stereocenters. The van der Waals surface area contributed by atoms with Crippen LogP contribution >= 0.6 is 11.6 Å². The van der Waals surface area contributed by atoms with E-state index in [-0.39, 0.29) is 22.8 Å². The van der Waals surface area contributed by atoms with E-state index in [1.54, 1.807) is 13.2 Å². The van der Waals surface area contributed by atoms with Gasteiger partial charge in [-0.25, -0.2) is 4.39 Å². The summed E-state index contributed by atoms with van der Waals surface area (Å²) in [6, 6.07) is 10.2. The molecule has 152 valence electrons. The Labute approximate surface area is 174 Å². The Morgan fingerprint density at radius 1 is 1.17 bits per heavy atom. The van der Waals surface area contributed by atoms with E-state index >= 15 is 0 Å². The lowest BCUT2D eigenvalue weighted by molar-refractivity contribution is -0.116. The maximum Gasteiger partial charge on any atom is 0.256 e. The van der Waals surface area contributed by atoms with Gasteiger partial charge in [0.25, 0.3) is 5.91 Å². The number of methoxy groups -OCH3 is 1. The maximum absolute atomic E-state index is 13.9. The van der Waals surface area contributed by atoms with Gasteiger partial charge in [0.2, 0.25) is 0 Å². The van der Waals surface area contributed by atoms with E-state index in [0.29, 0.717) is 29.5 Å². The molecular formula is C23H23ClFNO3. The lowest BCUT2D eigenvalue weighted by atomic mass is 9.79. The Balaban J connectivity index is 1.75. The Hall–Kier alpha value is -2.37. The smallest absolute Gasteiger partial charge is 0.256 e. The highest BCUT2D eigenvalue weighted by atomic mass is 35.5. The predicted molar refractivity (Wildman–Crippen MR) is 111 cm³/mol. The third-order valence-electron chi connectivity index (χ3n) is 6.15. The third kappa shape index (κ3) is 3.43. The van der Waals surface area contributed by atoms with Crippen LogP contribution in [0, 0.1) is 12.7 Å². The first-order valence-electron chi connectivity index (χ1n) is 9.70. The van der Waals surface area contributed by atoms with Crippen molar-refractivity contribution in [3.63, 3.8) is 0 Å². The van der Waals surface area contributed by atoms with Gasteiger partial charge in [-0.3, -0.25) is 4.79 Å². The molecule has 1 aliphatic carbocycles. The highest BCUT2D eigenvalue weighted by Gasteiger charge is 2.48. The summed E-state index contributed by atoms with van der Waals surface area (Å²) in [5.74, 6) is -0.679. The van der Waals surface area contributed by atoms with Crippen molar-refractivity contribution < 1.29 is 19.0 Å². The number of amides is 1. The third-order valence-corrected chi connectivity index (χ3v) is 6.46. The fraction of sp³-hybridized carbons (Fsp3) is 0.348. The molecule has 0 saturated heterocycles. The van der Waals surface area contributed by atoms with Crippen LogP contribution in [0.4, 0.5) is 4.39 Å². The molecule has 4 nitrogen and oxygen atoms in total. The average molecular weight is 416 g/mol. The molecule has 2 aromatic carbocycles. The highest BCUT2D eigenvalue weighted by molar-refractivity contribution is 6.30. The number of aliphatic hydroxyl groups excluding tert-OH is 1. The number of aliphatic hydroxyl groups is 1. The van der Waals surface area contributed by atoms with E-state index in [1.165, 1.54) is 12.1 Å². The molecule has 1 amide bonds. The number of carbonyl (C=O) groups excluding carboxylic acids is 1. The second-order valence-corrected chi connectivity index (χ2v) is 8.26. The lowest BCUT2D eigenvalue weighted by Crippen LogP contribution is -2.48. The first kappa shape index (κ1) is 19.9. The Bertz CT molecular complexity index is 1010. The first-order chi connectivity index (χ1) is 13.8. The number of halogens is 2. The molecule has 1 spiro atoms. The van der Waals surface area contributed by atoms with E-state index in [1.807, 2.05) is 25.1 Å². The minimum atomic E-state index is -0.726. The fourth-order valence-electron chi connectivity index (χ4n) is 4.36. The van der Waals surface area contributed by atoms with Crippen molar-refractivity contribution in [1.82, 2.24) is 5.32 Å². The number of carbonyl (C=O) groups is 1.